The number of aliphatic hydroxyl groups is 1. The van der Waals surface area contributed by atoms with Crippen LogP contribution in [0.5, 0.6) is 0 Å². The minimum absolute atomic E-state index is 0.0248. The molecular weight excluding hydrogens is 350 g/mol. The Hall–Kier alpha value is -2.31. The Bertz CT molecular complexity index is 772. The maximum absolute atomic E-state index is 13.6. The average Bonchev–Trinajstić information content (AvgIpc) is 2.66. The predicted octanol–water partition coefficient (Wildman–Crippen LogP) is 2.61. The second kappa shape index (κ2) is 8.59. The minimum atomic E-state index is -0.932. The summed E-state index contributed by atoms with van der Waals surface area (Å²) < 4.78 is 26.6. The van der Waals surface area contributed by atoms with E-state index in [1.54, 1.807) is 30.3 Å². The number of benzene rings is 2. The first kappa shape index (κ1) is 19.5. The van der Waals surface area contributed by atoms with Crippen LogP contribution in [0.15, 0.2) is 48.5 Å². The summed E-state index contributed by atoms with van der Waals surface area (Å²) in [4.78, 5) is 14.1. The highest BCUT2D eigenvalue weighted by Crippen LogP contribution is 2.32. The predicted molar refractivity (Wildman–Crippen MR) is 99.1 cm³/mol. The molecule has 0 radical (unpaired) electrons. The first-order chi connectivity index (χ1) is 13.0. The van der Waals surface area contributed by atoms with Crippen LogP contribution in [-0.4, -0.2) is 42.1 Å². The van der Waals surface area contributed by atoms with Gasteiger partial charge in [0, 0.05) is 26.2 Å². The van der Waals surface area contributed by atoms with Gasteiger partial charge in [-0.3, -0.25) is 4.79 Å². The van der Waals surface area contributed by atoms with E-state index in [9.17, 15) is 18.7 Å². The molecule has 1 aliphatic rings. The molecule has 0 bridgehead atoms. The lowest BCUT2D eigenvalue weighted by Crippen LogP contribution is -2.45. The number of carbonyl (C=O) groups excluding carboxylic acids is 1. The quantitative estimate of drug-likeness (QED) is 0.817. The van der Waals surface area contributed by atoms with E-state index < -0.39 is 5.60 Å². The highest BCUT2D eigenvalue weighted by atomic mass is 19.1. The van der Waals surface area contributed by atoms with Crippen LogP contribution < -0.4 is 5.32 Å². The molecule has 1 heterocycles. The van der Waals surface area contributed by atoms with Crippen LogP contribution >= 0.6 is 0 Å². The van der Waals surface area contributed by atoms with E-state index in [0.717, 1.165) is 5.56 Å². The zero-order valence-electron chi connectivity index (χ0n) is 15.1. The van der Waals surface area contributed by atoms with Crippen molar-refractivity contribution in [1.82, 2.24) is 10.2 Å². The van der Waals surface area contributed by atoms with Crippen LogP contribution in [0.1, 0.15) is 24.0 Å². The van der Waals surface area contributed by atoms with Gasteiger partial charge in [0.15, 0.2) is 0 Å². The Balaban J connectivity index is 1.41. The second-order valence-electron chi connectivity index (χ2n) is 7.00. The number of rotatable bonds is 6. The second-order valence-corrected chi connectivity index (χ2v) is 7.00. The van der Waals surface area contributed by atoms with Gasteiger partial charge in [0.1, 0.15) is 11.6 Å². The molecule has 2 N–H and O–H groups in total. The molecule has 1 fully saturated rings. The van der Waals surface area contributed by atoms with Gasteiger partial charge in [-0.25, -0.2) is 8.78 Å². The van der Waals surface area contributed by atoms with Crippen molar-refractivity contribution in [3.63, 3.8) is 0 Å². The van der Waals surface area contributed by atoms with Gasteiger partial charge >= 0.3 is 0 Å². The number of nitrogens with one attached hydrogen (secondary N) is 1. The zero-order chi connectivity index (χ0) is 19.3. The molecule has 4 nitrogen and oxygen atoms in total. The molecule has 2 aromatic rings. The van der Waals surface area contributed by atoms with Gasteiger partial charge < -0.3 is 15.3 Å². The molecule has 0 aliphatic carbocycles. The molecule has 0 atom stereocenters. The molecule has 3 rings (SSSR count). The molecule has 2 aromatic carbocycles. The van der Waals surface area contributed by atoms with E-state index in [0.29, 0.717) is 44.6 Å². The Morgan fingerprint density at radius 1 is 1.07 bits per heavy atom. The summed E-state index contributed by atoms with van der Waals surface area (Å²) in [6.45, 7) is 2.53. The number of nitrogens with zero attached hydrogens (tertiary/aromatic N) is 1. The highest BCUT2D eigenvalue weighted by molar-refractivity contribution is 5.78. The van der Waals surface area contributed by atoms with Gasteiger partial charge in [-0.1, -0.05) is 30.3 Å². The van der Waals surface area contributed by atoms with Gasteiger partial charge in [-0.2, -0.15) is 0 Å². The topological polar surface area (TPSA) is 52.6 Å². The van der Waals surface area contributed by atoms with E-state index in [-0.39, 0.29) is 24.0 Å². The first-order valence-corrected chi connectivity index (χ1v) is 9.17. The smallest absolute Gasteiger partial charge is 0.224 e. The van der Waals surface area contributed by atoms with Crippen molar-refractivity contribution in [3.8, 4) is 0 Å². The molecule has 1 aliphatic heterocycles. The van der Waals surface area contributed by atoms with Gasteiger partial charge in [-0.05, 0) is 42.2 Å². The fourth-order valence-electron chi connectivity index (χ4n) is 3.43. The van der Waals surface area contributed by atoms with Gasteiger partial charge in [0.05, 0.1) is 12.0 Å². The summed E-state index contributed by atoms with van der Waals surface area (Å²) in [6, 6.07) is 12.3. The van der Waals surface area contributed by atoms with E-state index >= 15 is 0 Å². The summed E-state index contributed by atoms with van der Waals surface area (Å²) in [5.41, 5.74) is 0.192. The normalized spacial score (nSPS) is 16.9. The maximum Gasteiger partial charge on any atom is 0.224 e. The molecule has 144 valence electrons. The third kappa shape index (κ3) is 5.11. The number of hydrogen-bond acceptors (Lipinski definition) is 3. The third-order valence-corrected chi connectivity index (χ3v) is 5.12. The summed E-state index contributed by atoms with van der Waals surface area (Å²) in [7, 11) is 0. The van der Waals surface area contributed by atoms with Gasteiger partial charge in [0.2, 0.25) is 5.91 Å². The molecule has 27 heavy (non-hydrogen) atoms. The largest absolute Gasteiger partial charge is 0.385 e. The lowest BCUT2D eigenvalue weighted by molar-refractivity contribution is -0.120. The van der Waals surface area contributed by atoms with Crippen molar-refractivity contribution in [1.29, 1.82) is 0 Å². The number of carbonyl (C=O) groups is 1. The first-order valence-electron chi connectivity index (χ1n) is 9.17. The Morgan fingerprint density at radius 2 is 1.74 bits per heavy atom. The van der Waals surface area contributed by atoms with Crippen LogP contribution in [-0.2, 0) is 16.8 Å². The minimum Gasteiger partial charge on any atom is -0.385 e. The fourth-order valence-corrected chi connectivity index (χ4v) is 3.43. The van der Waals surface area contributed by atoms with Crippen molar-refractivity contribution in [2.24, 2.45) is 0 Å². The Kier molecular flexibility index (Phi) is 6.19. The SMILES string of the molecule is O=C(Cc1ccccc1F)NCCN1CCC(O)(c2ccc(F)cc2)CC1. The van der Waals surface area contributed by atoms with Crippen LogP contribution in [0.4, 0.5) is 8.78 Å². The Morgan fingerprint density at radius 3 is 2.41 bits per heavy atom. The molecule has 0 aromatic heterocycles. The van der Waals surface area contributed by atoms with Crippen molar-refractivity contribution in [2.75, 3.05) is 26.2 Å². The average molecular weight is 374 g/mol. The summed E-state index contributed by atoms with van der Waals surface area (Å²) >= 11 is 0. The number of piperidine rings is 1. The van der Waals surface area contributed by atoms with E-state index in [1.165, 1.54) is 18.2 Å². The van der Waals surface area contributed by atoms with Crippen LogP contribution in [0.25, 0.3) is 0 Å². The summed E-state index contributed by atoms with van der Waals surface area (Å²) in [5.74, 6) is -0.894. The molecule has 0 spiro atoms. The van der Waals surface area contributed by atoms with Gasteiger partial charge in [-0.15, -0.1) is 0 Å². The lowest BCUT2D eigenvalue weighted by atomic mass is 9.84. The maximum atomic E-state index is 13.6. The molecule has 1 saturated heterocycles. The van der Waals surface area contributed by atoms with Crippen LogP contribution in [0.3, 0.4) is 0 Å². The molecule has 0 unspecified atom stereocenters. The summed E-state index contributed by atoms with van der Waals surface area (Å²) in [5, 5.41) is 13.6. The molecule has 6 heteroatoms. The Labute approximate surface area is 157 Å². The lowest BCUT2D eigenvalue weighted by Gasteiger charge is -2.38. The van der Waals surface area contributed by atoms with Crippen LogP contribution in [0.2, 0.25) is 0 Å². The number of halogens is 2. The molecular formula is C21H24F2N2O2. The fraction of sp³-hybridized carbons (Fsp3) is 0.381. The third-order valence-electron chi connectivity index (χ3n) is 5.12. The summed E-state index contributed by atoms with van der Waals surface area (Å²) in [6.07, 6.45) is 1.14. The van der Waals surface area contributed by atoms with E-state index in [4.69, 9.17) is 0 Å². The van der Waals surface area contributed by atoms with Gasteiger partial charge in [0.25, 0.3) is 0 Å². The van der Waals surface area contributed by atoms with Crippen LogP contribution in [0, 0.1) is 11.6 Å². The monoisotopic (exact) mass is 374 g/mol. The van der Waals surface area contributed by atoms with Crippen molar-refractivity contribution in [2.45, 2.75) is 24.9 Å². The van der Waals surface area contributed by atoms with Crippen molar-refractivity contribution >= 4 is 5.91 Å². The van der Waals surface area contributed by atoms with Crippen molar-refractivity contribution in [3.05, 3.63) is 71.3 Å². The highest BCUT2D eigenvalue weighted by Gasteiger charge is 2.33. The number of likely N-dealkylation sites (tertiary alicyclic amines) is 1. The van der Waals surface area contributed by atoms with E-state index in [2.05, 4.69) is 10.2 Å². The number of hydrogen-bond donors (Lipinski definition) is 2. The standard InChI is InChI=1S/C21H24F2N2O2/c22-18-7-5-17(6-8-18)21(27)9-12-25(13-10-21)14-11-24-20(26)15-16-3-1-2-4-19(16)23/h1-8,27H,9-15H2,(H,24,26). The van der Waals surface area contributed by atoms with Crippen molar-refractivity contribution < 1.29 is 18.7 Å². The van der Waals surface area contributed by atoms with E-state index in [1.807, 2.05) is 0 Å². The number of amides is 1. The zero-order valence-corrected chi connectivity index (χ0v) is 15.1. The molecule has 0 saturated carbocycles. The molecule has 1 amide bonds.